The second-order valence-corrected chi connectivity index (χ2v) is 3.46. The average Bonchev–Trinajstić information content (AvgIpc) is 2.36. The van der Waals surface area contributed by atoms with Crippen LogP contribution in [0, 0.1) is 6.92 Å². The number of aryl methyl sites for hydroxylation is 1. The lowest BCUT2D eigenvalue weighted by Gasteiger charge is -2.10. The SMILES string of the molecule is CC.CC.Cc1ccc(OCCN(C)C)cc1. The maximum Gasteiger partial charge on any atom is 0.119 e. The van der Waals surface area contributed by atoms with Crippen molar-refractivity contribution in [3.8, 4) is 5.75 Å². The summed E-state index contributed by atoms with van der Waals surface area (Å²) in [5.41, 5.74) is 1.26. The molecule has 100 valence electrons. The van der Waals surface area contributed by atoms with Gasteiger partial charge in [-0.2, -0.15) is 0 Å². The van der Waals surface area contributed by atoms with E-state index in [0.717, 1.165) is 18.9 Å². The van der Waals surface area contributed by atoms with Crippen LogP contribution in [0.5, 0.6) is 5.75 Å². The third-order valence-electron chi connectivity index (χ3n) is 1.83. The first-order chi connectivity index (χ1) is 8.18. The molecule has 1 aromatic rings. The molecule has 0 aliphatic heterocycles. The maximum absolute atomic E-state index is 5.53. The standard InChI is InChI=1S/C11H17NO.2C2H6/c1-10-4-6-11(7-5-10)13-9-8-12(2)3;2*1-2/h4-7H,8-9H2,1-3H3;2*1-2H3. The molecule has 0 aliphatic rings. The molecule has 0 atom stereocenters. The maximum atomic E-state index is 5.53. The number of likely N-dealkylation sites (N-methyl/N-ethyl adjacent to an activating group) is 1. The van der Waals surface area contributed by atoms with Crippen LogP contribution < -0.4 is 4.74 Å². The summed E-state index contributed by atoms with van der Waals surface area (Å²) >= 11 is 0. The zero-order valence-corrected chi connectivity index (χ0v) is 12.6. The monoisotopic (exact) mass is 239 g/mol. The Balaban J connectivity index is 0. The Bertz CT molecular complexity index is 242. The summed E-state index contributed by atoms with van der Waals surface area (Å²) in [6.07, 6.45) is 0. The molecule has 0 saturated carbocycles. The van der Waals surface area contributed by atoms with E-state index in [1.165, 1.54) is 5.56 Å². The second kappa shape index (κ2) is 13.0. The lowest BCUT2D eigenvalue weighted by atomic mass is 10.2. The Hall–Kier alpha value is -1.02. The lowest BCUT2D eigenvalue weighted by Crippen LogP contribution is -2.19. The van der Waals surface area contributed by atoms with Crippen LogP contribution in [0.4, 0.5) is 0 Å². The van der Waals surface area contributed by atoms with Gasteiger partial charge in [0.15, 0.2) is 0 Å². The average molecular weight is 239 g/mol. The molecule has 2 nitrogen and oxygen atoms in total. The van der Waals surface area contributed by atoms with Gasteiger partial charge in [-0.3, -0.25) is 0 Å². The highest BCUT2D eigenvalue weighted by Crippen LogP contribution is 2.10. The van der Waals surface area contributed by atoms with Crippen LogP contribution in [0.2, 0.25) is 0 Å². The fraction of sp³-hybridized carbons (Fsp3) is 0.600. The predicted molar refractivity (Wildman–Crippen MR) is 77.9 cm³/mol. The third kappa shape index (κ3) is 11.2. The van der Waals surface area contributed by atoms with E-state index in [4.69, 9.17) is 4.74 Å². The lowest BCUT2D eigenvalue weighted by molar-refractivity contribution is 0.261. The van der Waals surface area contributed by atoms with E-state index >= 15 is 0 Å². The number of ether oxygens (including phenoxy) is 1. The first kappa shape index (κ1) is 18.3. The molecule has 0 saturated heterocycles. The first-order valence-electron chi connectivity index (χ1n) is 6.52. The minimum Gasteiger partial charge on any atom is -0.492 e. The van der Waals surface area contributed by atoms with Crippen LogP contribution in [0.25, 0.3) is 0 Å². The van der Waals surface area contributed by atoms with Crippen molar-refractivity contribution in [1.82, 2.24) is 4.90 Å². The largest absolute Gasteiger partial charge is 0.492 e. The zero-order chi connectivity index (χ0) is 13.7. The molecule has 0 bridgehead atoms. The summed E-state index contributed by atoms with van der Waals surface area (Å²) in [4.78, 5) is 2.11. The summed E-state index contributed by atoms with van der Waals surface area (Å²) in [5.74, 6) is 0.951. The Morgan fingerprint density at radius 2 is 1.41 bits per heavy atom. The van der Waals surface area contributed by atoms with Gasteiger partial charge < -0.3 is 9.64 Å². The van der Waals surface area contributed by atoms with Crippen molar-refractivity contribution in [2.24, 2.45) is 0 Å². The van der Waals surface area contributed by atoms with Crippen molar-refractivity contribution in [3.63, 3.8) is 0 Å². The topological polar surface area (TPSA) is 12.5 Å². The third-order valence-corrected chi connectivity index (χ3v) is 1.83. The van der Waals surface area contributed by atoms with E-state index in [1.54, 1.807) is 0 Å². The molecule has 0 amide bonds. The molecule has 1 aromatic carbocycles. The van der Waals surface area contributed by atoms with E-state index in [0.29, 0.717) is 0 Å². The van der Waals surface area contributed by atoms with E-state index in [-0.39, 0.29) is 0 Å². The zero-order valence-electron chi connectivity index (χ0n) is 12.6. The van der Waals surface area contributed by atoms with E-state index < -0.39 is 0 Å². The number of rotatable bonds is 4. The summed E-state index contributed by atoms with van der Waals surface area (Å²) in [7, 11) is 4.08. The number of nitrogens with zero attached hydrogens (tertiary/aromatic N) is 1. The number of hydrogen-bond donors (Lipinski definition) is 0. The molecule has 1 rings (SSSR count). The number of benzene rings is 1. The van der Waals surface area contributed by atoms with Gasteiger partial charge in [-0.25, -0.2) is 0 Å². The Morgan fingerprint density at radius 3 is 1.82 bits per heavy atom. The van der Waals surface area contributed by atoms with Crippen molar-refractivity contribution in [1.29, 1.82) is 0 Å². The van der Waals surface area contributed by atoms with Crippen molar-refractivity contribution >= 4 is 0 Å². The molecule has 0 spiro atoms. The normalized spacial score (nSPS) is 8.71. The van der Waals surface area contributed by atoms with E-state index in [9.17, 15) is 0 Å². The van der Waals surface area contributed by atoms with Gasteiger partial charge in [-0.05, 0) is 33.2 Å². The molecule has 0 aromatic heterocycles. The first-order valence-corrected chi connectivity index (χ1v) is 6.52. The van der Waals surface area contributed by atoms with Gasteiger partial charge in [0.2, 0.25) is 0 Å². The minimum absolute atomic E-state index is 0.746. The van der Waals surface area contributed by atoms with Crippen LogP contribution in [0.15, 0.2) is 24.3 Å². The quantitative estimate of drug-likeness (QED) is 0.788. The molecular formula is C15H29NO. The van der Waals surface area contributed by atoms with Gasteiger partial charge in [-0.1, -0.05) is 45.4 Å². The van der Waals surface area contributed by atoms with Crippen LogP contribution in [-0.4, -0.2) is 32.1 Å². The molecule has 0 radical (unpaired) electrons. The Labute approximate surface area is 108 Å². The van der Waals surface area contributed by atoms with Gasteiger partial charge in [-0.15, -0.1) is 0 Å². The highest BCUT2D eigenvalue weighted by molar-refractivity contribution is 5.26. The minimum atomic E-state index is 0.746. The fourth-order valence-electron chi connectivity index (χ4n) is 0.981. The van der Waals surface area contributed by atoms with Crippen molar-refractivity contribution in [2.75, 3.05) is 27.2 Å². The van der Waals surface area contributed by atoms with Gasteiger partial charge >= 0.3 is 0 Å². The molecule has 0 unspecified atom stereocenters. The van der Waals surface area contributed by atoms with Gasteiger partial charge in [0.05, 0.1) is 0 Å². The van der Waals surface area contributed by atoms with E-state index in [1.807, 2.05) is 53.9 Å². The summed E-state index contributed by atoms with van der Waals surface area (Å²) < 4.78 is 5.53. The number of hydrogen-bond acceptors (Lipinski definition) is 2. The molecule has 2 heteroatoms. The van der Waals surface area contributed by atoms with E-state index in [2.05, 4.69) is 24.0 Å². The van der Waals surface area contributed by atoms with Crippen LogP contribution in [0.3, 0.4) is 0 Å². The van der Waals surface area contributed by atoms with Gasteiger partial charge in [0.1, 0.15) is 12.4 Å². The summed E-state index contributed by atoms with van der Waals surface area (Å²) in [6.45, 7) is 11.8. The smallest absolute Gasteiger partial charge is 0.119 e. The molecule has 0 N–H and O–H groups in total. The fourth-order valence-corrected chi connectivity index (χ4v) is 0.981. The van der Waals surface area contributed by atoms with Gasteiger partial charge in [0.25, 0.3) is 0 Å². The highest BCUT2D eigenvalue weighted by atomic mass is 16.5. The van der Waals surface area contributed by atoms with Crippen LogP contribution in [0.1, 0.15) is 33.3 Å². The molecule has 0 heterocycles. The summed E-state index contributed by atoms with van der Waals surface area (Å²) in [5, 5.41) is 0. The van der Waals surface area contributed by atoms with Gasteiger partial charge in [0, 0.05) is 6.54 Å². The molecular weight excluding hydrogens is 210 g/mol. The Kier molecular flexibility index (Phi) is 14.1. The van der Waals surface area contributed by atoms with Crippen molar-refractivity contribution < 1.29 is 4.74 Å². The van der Waals surface area contributed by atoms with Crippen LogP contribution >= 0.6 is 0 Å². The summed E-state index contributed by atoms with van der Waals surface area (Å²) in [6, 6.07) is 8.13. The van der Waals surface area contributed by atoms with Crippen LogP contribution in [-0.2, 0) is 0 Å². The molecule has 0 fully saturated rings. The Morgan fingerprint density at radius 1 is 0.941 bits per heavy atom. The second-order valence-electron chi connectivity index (χ2n) is 3.46. The van der Waals surface area contributed by atoms with Crippen molar-refractivity contribution in [2.45, 2.75) is 34.6 Å². The molecule has 17 heavy (non-hydrogen) atoms. The highest BCUT2D eigenvalue weighted by Gasteiger charge is 1.93. The molecule has 0 aliphatic carbocycles. The van der Waals surface area contributed by atoms with Crippen molar-refractivity contribution in [3.05, 3.63) is 29.8 Å². The predicted octanol–water partition coefficient (Wildman–Crippen LogP) is 3.99.